The summed E-state index contributed by atoms with van der Waals surface area (Å²) >= 11 is 11.0. The van der Waals surface area contributed by atoms with Gasteiger partial charge in [0.1, 0.15) is 0 Å². The molecule has 1 heterocycles. The van der Waals surface area contributed by atoms with Gasteiger partial charge in [0, 0.05) is 26.4 Å². The Bertz CT molecular complexity index is 548. The van der Waals surface area contributed by atoms with Gasteiger partial charge in [0.2, 0.25) is 0 Å². The van der Waals surface area contributed by atoms with Crippen molar-refractivity contribution in [1.29, 1.82) is 0 Å². The van der Waals surface area contributed by atoms with E-state index in [0.29, 0.717) is 16.1 Å². The number of ketones is 1. The van der Waals surface area contributed by atoms with E-state index in [4.69, 9.17) is 11.6 Å². The quantitative estimate of drug-likeness (QED) is 0.734. The fourth-order valence-electron chi connectivity index (χ4n) is 1.41. The monoisotopic (exact) mass is 314 g/mol. The zero-order chi connectivity index (χ0) is 11.7. The maximum Gasteiger partial charge on any atom is 0.196 e. The Balaban J connectivity index is 2.50. The van der Waals surface area contributed by atoms with Crippen molar-refractivity contribution in [1.82, 2.24) is 0 Å². The molecule has 0 aliphatic rings. The van der Waals surface area contributed by atoms with Crippen LogP contribution >= 0.6 is 38.9 Å². The third-order valence-electron chi connectivity index (χ3n) is 2.30. The minimum absolute atomic E-state index is 0.0400. The van der Waals surface area contributed by atoms with Crippen LogP contribution in [0.4, 0.5) is 0 Å². The van der Waals surface area contributed by atoms with Gasteiger partial charge < -0.3 is 0 Å². The Hall–Kier alpha value is -0.640. The average Bonchev–Trinajstić information content (AvgIpc) is 2.68. The molecule has 82 valence electrons. The molecule has 0 N–H and O–H groups in total. The van der Waals surface area contributed by atoms with E-state index >= 15 is 0 Å². The second kappa shape index (κ2) is 4.70. The largest absolute Gasteiger partial charge is 0.288 e. The van der Waals surface area contributed by atoms with E-state index in [1.165, 1.54) is 11.3 Å². The smallest absolute Gasteiger partial charge is 0.196 e. The number of rotatable bonds is 2. The summed E-state index contributed by atoms with van der Waals surface area (Å²) in [6, 6.07) is 5.48. The van der Waals surface area contributed by atoms with Crippen LogP contribution in [0.3, 0.4) is 0 Å². The maximum atomic E-state index is 12.2. The summed E-state index contributed by atoms with van der Waals surface area (Å²) in [4.78, 5) is 12.2. The van der Waals surface area contributed by atoms with Gasteiger partial charge >= 0.3 is 0 Å². The number of carbonyl (C=O) groups excluding carboxylic acids is 1. The number of benzene rings is 1. The molecule has 0 bridgehead atoms. The highest BCUT2D eigenvalue weighted by atomic mass is 79.9. The van der Waals surface area contributed by atoms with E-state index in [9.17, 15) is 4.79 Å². The predicted molar refractivity (Wildman–Crippen MR) is 71.6 cm³/mol. The lowest BCUT2D eigenvalue weighted by Gasteiger charge is -2.04. The van der Waals surface area contributed by atoms with Gasteiger partial charge in [-0.05, 0) is 34.5 Å². The van der Waals surface area contributed by atoms with Crippen molar-refractivity contribution in [2.75, 3.05) is 0 Å². The fourth-order valence-corrected chi connectivity index (χ4v) is 3.08. The molecule has 1 aromatic heterocycles. The summed E-state index contributed by atoms with van der Waals surface area (Å²) in [5, 5.41) is 4.24. The van der Waals surface area contributed by atoms with Crippen LogP contribution in [0, 0.1) is 6.92 Å². The van der Waals surface area contributed by atoms with E-state index < -0.39 is 0 Å². The van der Waals surface area contributed by atoms with Crippen molar-refractivity contribution < 1.29 is 4.79 Å². The molecular weight excluding hydrogens is 308 g/mol. The SMILES string of the molecule is Cc1cccc(C(=O)c2cscc2Br)c1Cl. The van der Waals surface area contributed by atoms with Crippen LogP contribution in [0.5, 0.6) is 0 Å². The average molecular weight is 316 g/mol. The summed E-state index contributed by atoms with van der Waals surface area (Å²) in [6.45, 7) is 1.89. The van der Waals surface area contributed by atoms with Gasteiger partial charge in [-0.15, -0.1) is 0 Å². The van der Waals surface area contributed by atoms with E-state index in [1.54, 1.807) is 6.07 Å². The molecule has 2 rings (SSSR count). The van der Waals surface area contributed by atoms with Gasteiger partial charge in [-0.25, -0.2) is 0 Å². The maximum absolute atomic E-state index is 12.2. The Morgan fingerprint density at radius 1 is 1.31 bits per heavy atom. The van der Waals surface area contributed by atoms with Crippen molar-refractivity contribution in [3.8, 4) is 0 Å². The second-order valence-electron chi connectivity index (χ2n) is 3.40. The van der Waals surface area contributed by atoms with Crippen molar-refractivity contribution in [3.63, 3.8) is 0 Å². The minimum Gasteiger partial charge on any atom is -0.288 e. The van der Waals surface area contributed by atoms with Crippen LogP contribution in [0.1, 0.15) is 21.5 Å². The number of aryl methyl sites for hydroxylation is 1. The first kappa shape index (κ1) is 11.8. The topological polar surface area (TPSA) is 17.1 Å². The normalized spacial score (nSPS) is 10.4. The molecule has 1 aromatic carbocycles. The first-order chi connectivity index (χ1) is 7.61. The first-order valence-electron chi connectivity index (χ1n) is 4.62. The van der Waals surface area contributed by atoms with Gasteiger partial charge in [-0.1, -0.05) is 23.7 Å². The van der Waals surface area contributed by atoms with E-state index in [-0.39, 0.29) is 5.78 Å². The molecule has 0 saturated carbocycles. The lowest BCUT2D eigenvalue weighted by atomic mass is 10.0. The number of hydrogen-bond donors (Lipinski definition) is 0. The first-order valence-corrected chi connectivity index (χ1v) is 6.74. The van der Waals surface area contributed by atoms with Gasteiger partial charge in [0.15, 0.2) is 5.78 Å². The van der Waals surface area contributed by atoms with Gasteiger partial charge in [0.05, 0.1) is 5.02 Å². The standard InChI is InChI=1S/C12H8BrClOS/c1-7-3-2-4-8(11(7)14)12(15)9-5-16-6-10(9)13/h2-6H,1H3. The zero-order valence-corrected chi connectivity index (χ0v) is 11.6. The molecule has 2 aromatic rings. The highest BCUT2D eigenvalue weighted by molar-refractivity contribution is 9.10. The Morgan fingerprint density at radius 3 is 2.69 bits per heavy atom. The number of halogens is 2. The van der Waals surface area contributed by atoms with Crippen LogP contribution < -0.4 is 0 Å². The number of carbonyl (C=O) groups is 1. The summed E-state index contributed by atoms with van der Waals surface area (Å²) < 4.78 is 0.820. The summed E-state index contributed by atoms with van der Waals surface area (Å²) in [5.74, 6) is -0.0400. The van der Waals surface area contributed by atoms with Gasteiger partial charge in [-0.2, -0.15) is 11.3 Å². The lowest BCUT2D eigenvalue weighted by Crippen LogP contribution is -2.02. The Labute approximate surface area is 111 Å². The summed E-state index contributed by atoms with van der Waals surface area (Å²) in [7, 11) is 0. The van der Waals surface area contributed by atoms with Crippen molar-refractivity contribution >= 4 is 44.7 Å². The van der Waals surface area contributed by atoms with Crippen LogP contribution in [-0.4, -0.2) is 5.78 Å². The molecule has 0 amide bonds. The lowest BCUT2D eigenvalue weighted by molar-refractivity contribution is 0.103. The number of hydrogen-bond acceptors (Lipinski definition) is 2. The Kier molecular flexibility index (Phi) is 3.47. The summed E-state index contributed by atoms with van der Waals surface area (Å²) in [5.41, 5.74) is 2.14. The third-order valence-corrected chi connectivity index (χ3v) is 4.50. The van der Waals surface area contributed by atoms with Crippen LogP contribution in [0.25, 0.3) is 0 Å². The molecule has 0 aliphatic heterocycles. The van der Waals surface area contributed by atoms with E-state index in [1.807, 2.05) is 29.8 Å². The van der Waals surface area contributed by atoms with Gasteiger partial charge in [-0.3, -0.25) is 4.79 Å². The highest BCUT2D eigenvalue weighted by Crippen LogP contribution is 2.28. The number of thiophene rings is 1. The molecule has 16 heavy (non-hydrogen) atoms. The predicted octanol–water partition coefficient (Wildman–Crippen LogP) is 4.70. The minimum atomic E-state index is -0.0400. The van der Waals surface area contributed by atoms with E-state index in [2.05, 4.69) is 15.9 Å². The van der Waals surface area contributed by atoms with Gasteiger partial charge in [0.25, 0.3) is 0 Å². The molecule has 0 saturated heterocycles. The Morgan fingerprint density at radius 2 is 2.06 bits per heavy atom. The van der Waals surface area contributed by atoms with Crippen LogP contribution in [0.15, 0.2) is 33.4 Å². The van der Waals surface area contributed by atoms with Crippen molar-refractivity contribution in [3.05, 3.63) is 55.1 Å². The molecule has 0 atom stereocenters. The van der Waals surface area contributed by atoms with Crippen LogP contribution in [0.2, 0.25) is 5.02 Å². The summed E-state index contributed by atoms with van der Waals surface area (Å²) in [6.07, 6.45) is 0. The van der Waals surface area contributed by atoms with E-state index in [0.717, 1.165) is 10.0 Å². The fraction of sp³-hybridized carbons (Fsp3) is 0.0833. The molecule has 0 spiro atoms. The third kappa shape index (κ3) is 2.08. The molecule has 4 heteroatoms. The molecule has 0 fully saturated rings. The molecule has 0 unspecified atom stereocenters. The highest BCUT2D eigenvalue weighted by Gasteiger charge is 2.16. The molecular formula is C12H8BrClOS. The molecule has 0 radical (unpaired) electrons. The zero-order valence-electron chi connectivity index (χ0n) is 8.46. The second-order valence-corrected chi connectivity index (χ2v) is 5.37. The van der Waals surface area contributed by atoms with Crippen molar-refractivity contribution in [2.24, 2.45) is 0 Å². The molecule has 0 aliphatic carbocycles. The molecule has 1 nitrogen and oxygen atoms in total. The van der Waals surface area contributed by atoms with Crippen molar-refractivity contribution in [2.45, 2.75) is 6.92 Å². The van der Waals surface area contributed by atoms with Crippen LogP contribution in [-0.2, 0) is 0 Å².